The number of carbonyl (C=O) groups is 2. The third-order valence-electron chi connectivity index (χ3n) is 4.68. The van der Waals surface area contributed by atoms with E-state index < -0.39 is 0 Å². The Labute approximate surface area is 161 Å². The van der Waals surface area contributed by atoms with Crippen molar-refractivity contribution in [1.82, 2.24) is 4.57 Å². The van der Waals surface area contributed by atoms with Crippen LogP contribution in [0, 0.1) is 0 Å². The molecule has 0 N–H and O–H groups in total. The molecule has 2 amide bonds. The SMILES string of the molecule is C=C1SC(=O)N(c2cccc3c2ccn3CC(OC)c2ccccc2)C1=O. The Morgan fingerprint density at radius 3 is 2.52 bits per heavy atom. The maximum absolute atomic E-state index is 12.3. The highest BCUT2D eigenvalue weighted by molar-refractivity contribution is 8.18. The fraction of sp³-hybridized carbons (Fsp3) is 0.143. The number of ether oxygens (including phenoxy) is 1. The molecule has 1 aliphatic rings. The van der Waals surface area contributed by atoms with Crippen LogP contribution < -0.4 is 4.90 Å². The van der Waals surface area contributed by atoms with Gasteiger partial charge in [0.15, 0.2) is 0 Å². The third kappa shape index (κ3) is 3.07. The van der Waals surface area contributed by atoms with Crippen LogP contribution in [-0.2, 0) is 16.1 Å². The summed E-state index contributed by atoms with van der Waals surface area (Å²) >= 11 is 0.875. The van der Waals surface area contributed by atoms with Gasteiger partial charge < -0.3 is 9.30 Å². The number of thioether (sulfide) groups is 1. The molecule has 2 heterocycles. The Bertz CT molecular complexity index is 1040. The van der Waals surface area contributed by atoms with Crippen LogP contribution in [0.5, 0.6) is 0 Å². The molecule has 0 spiro atoms. The first-order valence-corrected chi connectivity index (χ1v) is 9.32. The van der Waals surface area contributed by atoms with Crippen molar-refractivity contribution in [2.24, 2.45) is 0 Å². The van der Waals surface area contributed by atoms with Gasteiger partial charge in [0, 0.05) is 18.7 Å². The number of carbonyl (C=O) groups excluding carboxylic acids is 2. The standard InChI is InChI=1S/C21H18N2O3S/c1-14-20(24)23(21(25)27-14)18-10-6-9-17-16(18)11-12-22(17)13-19(26-2)15-7-4-3-5-8-15/h3-12,19H,1,13H2,2H3. The van der Waals surface area contributed by atoms with Crippen LogP contribution in [0.4, 0.5) is 10.5 Å². The number of amides is 2. The Morgan fingerprint density at radius 1 is 1.07 bits per heavy atom. The van der Waals surface area contributed by atoms with E-state index in [1.165, 1.54) is 4.90 Å². The third-order valence-corrected chi connectivity index (χ3v) is 5.46. The number of methoxy groups -OCH3 is 1. The van der Waals surface area contributed by atoms with Crippen molar-refractivity contribution in [1.29, 1.82) is 0 Å². The highest BCUT2D eigenvalue weighted by Crippen LogP contribution is 2.37. The molecule has 1 fully saturated rings. The summed E-state index contributed by atoms with van der Waals surface area (Å²) in [6.07, 6.45) is 1.85. The van der Waals surface area contributed by atoms with Gasteiger partial charge in [-0.05, 0) is 35.5 Å². The molecule has 1 atom stereocenters. The first-order valence-electron chi connectivity index (χ1n) is 8.51. The smallest absolute Gasteiger partial charge is 0.298 e. The molecule has 27 heavy (non-hydrogen) atoms. The van der Waals surface area contributed by atoms with Crippen molar-refractivity contribution in [3.63, 3.8) is 0 Å². The lowest BCUT2D eigenvalue weighted by Crippen LogP contribution is -2.27. The fourth-order valence-electron chi connectivity index (χ4n) is 3.33. The van der Waals surface area contributed by atoms with Crippen molar-refractivity contribution in [2.75, 3.05) is 12.0 Å². The summed E-state index contributed by atoms with van der Waals surface area (Å²) in [6.45, 7) is 4.28. The molecule has 0 aliphatic carbocycles. The number of fused-ring (bicyclic) bond motifs is 1. The van der Waals surface area contributed by atoms with E-state index in [2.05, 4.69) is 11.1 Å². The minimum absolute atomic E-state index is 0.101. The van der Waals surface area contributed by atoms with Gasteiger partial charge in [-0.25, -0.2) is 4.90 Å². The Kier molecular flexibility index (Phi) is 4.59. The first kappa shape index (κ1) is 17.6. The van der Waals surface area contributed by atoms with Crippen LogP contribution >= 0.6 is 11.8 Å². The van der Waals surface area contributed by atoms with Gasteiger partial charge in [-0.1, -0.05) is 43.0 Å². The minimum Gasteiger partial charge on any atom is -0.375 e. The van der Waals surface area contributed by atoms with Crippen LogP contribution in [-0.4, -0.2) is 22.8 Å². The predicted molar refractivity (Wildman–Crippen MR) is 108 cm³/mol. The summed E-state index contributed by atoms with van der Waals surface area (Å²) in [4.78, 5) is 26.0. The summed E-state index contributed by atoms with van der Waals surface area (Å²) in [5.41, 5.74) is 2.62. The van der Waals surface area contributed by atoms with Crippen LogP contribution in [0.1, 0.15) is 11.7 Å². The summed E-state index contributed by atoms with van der Waals surface area (Å²) < 4.78 is 7.76. The van der Waals surface area contributed by atoms with Gasteiger partial charge >= 0.3 is 0 Å². The second kappa shape index (κ2) is 7.06. The molecule has 0 saturated carbocycles. The monoisotopic (exact) mass is 378 g/mol. The number of nitrogens with zero attached hydrogens (tertiary/aromatic N) is 2. The lowest BCUT2D eigenvalue weighted by molar-refractivity contribution is -0.113. The molecule has 6 heteroatoms. The van der Waals surface area contributed by atoms with Gasteiger partial charge in [0.25, 0.3) is 11.1 Å². The molecular weight excluding hydrogens is 360 g/mol. The van der Waals surface area contributed by atoms with Gasteiger partial charge in [-0.2, -0.15) is 0 Å². The average molecular weight is 378 g/mol. The van der Waals surface area contributed by atoms with Gasteiger partial charge in [0.1, 0.15) is 0 Å². The van der Waals surface area contributed by atoms with E-state index in [1.54, 1.807) is 13.2 Å². The van der Waals surface area contributed by atoms with Crippen molar-refractivity contribution in [3.05, 3.63) is 77.8 Å². The molecule has 4 rings (SSSR count). The summed E-state index contributed by atoms with van der Waals surface area (Å²) in [7, 11) is 1.69. The molecular formula is C21H18N2O3S. The molecule has 5 nitrogen and oxygen atoms in total. The zero-order valence-electron chi connectivity index (χ0n) is 14.8. The highest BCUT2D eigenvalue weighted by Gasteiger charge is 2.36. The second-order valence-corrected chi connectivity index (χ2v) is 7.29. The maximum atomic E-state index is 12.3. The van der Waals surface area contributed by atoms with Crippen molar-refractivity contribution < 1.29 is 14.3 Å². The summed E-state index contributed by atoms with van der Waals surface area (Å²) in [6, 6.07) is 17.6. The first-order chi connectivity index (χ1) is 13.1. The van der Waals surface area contributed by atoms with Crippen molar-refractivity contribution in [3.8, 4) is 0 Å². The number of benzene rings is 2. The van der Waals surface area contributed by atoms with Crippen molar-refractivity contribution >= 4 is 39.5 Å². The number of hydrogen-bond donors (Lipinski definition) is 0. The maximum Gasteiger partial charge on any atom is 0.298 e. The number of hydrogen-bond acceptors (Lipinski definition) is 4. The number of rotatable bonds is 5. The minimum atomic E-state index is -0.357. The second-order valence-electron chi connectivity index (χ2n) is 6.24. The van der Waals surface area contributed by atoms with E-state index in [0.717, 1.165) is 28.2 Å². The molecule has 1 unspecified atom stereocenters. The van der Waals surface area contributed by atoms with E-state index in [1.807, 2.05) is 54.7 Å². The lowest BCUT2D eigenvalue weighted by Gasteiger charge is -2.18. The van der Waals surface area contributed by atoms with Crippen LogP contribution in [0.15, 0.2) is 72.3 Å². The van der Waals surface area contributed by atoms with E-state index >= 15 is 0 Å². The summed E-state index contributed by atoms with van der Waals surface area (Å²) in [5.74, 6) is -0.357. The van der Waals surface area contributed by atoms with Crippen LogP contribution in [0.3, 0.4) is 0 Å². The molecule has 1 aliphatic heterocycles. The molecule has 2 aromatic carbocycles. The van der Waals surface area contributed by atoms with E-state index in [4.69, 9.17) is 4.74 Å². The molecule has 136 valence electrons. The molecule has 1 aromatic heterocycles. The zero-order valence-corrected chi connectivity index (χ0v) is 15.6. The molecule has 1 saturated heterocycles. The Balaban J connectivity index is 1.72. The fourth-order valence-corrected chi connectivity index (χ4v) is 4.00. The number of imide groups is 1. The topological polar surface area (TPSA) is 51.5 Å². The molecule has 0 radical (unpaired) electrons. The van der Waals surface area contributed by atoms with Gasteiger partial charge in [0.05, 0.1) is 28.8 Å². The largest absolute Gasteiger partial charge is 0.375 e. The highest BCUT2D eigenvalue weighted by atomic mass is 32.2. The van der Waals surface area contributed by atoms with Gasteiger partial charge in [0.2, 0.25) is 0 Å². The van der Waals surface area contributed by atoms with Crippen LogP contribution in [0.25, 0.3) is 10.9 Å². The van der Waals surface area contributed by atoms with Gasteiger partial charge in [-0.3, -0.25) is 9.59 Å². The average Bonchev–Trinajstić information content (AvgIpc) is 3.21. The van der Waals surface area contributed by atoms with Crippen LogP contribution in [0.2, 0.25) is 0 Å². The lowest BCUT2D eigenvalue weighted by atomic mass is 10.1. The number of aromatic nitrogens is 1. The van der Waals surface area contributed by atoms with Crippen molar-refractivity contribution in [2.45, 2.75) is 12.6 Å². The van der Waals surface area contributed by atoms with Gasteiger partial charge in [-0.15, -0.1) is 0 Å². The van der Waals surface area contributed by atoms with E-state index in [9.17, 15) is 9.59 Å². The quantitative estimate of drug-likeness (QED) is 0.602. The van der Waals surface area contributed by atoms with E-state index in [0.29, 0.717) is 12.2 Å². The Morgan fingerprint density at radius 2 is 1.85 bits per heavy atom. The molecule has 3 aromatic rings. The zero-order chi connectivity index (χ0) is 19.0. The summed E-state index contributed by atoms with van der Waals surface area (Å²) in [5, 5.41) is 0.529. The predicted octanol–water partition coefficient (Wildman–Crippen LogP) is 4.74. The molecule has 0 bridgehead atoms. The normalized spacial score (nSPS) is 15.7. The number of anilines is 1. The van der Waals surface area contributed by atoms with E-state index in [-0.39, 0.29) is 22.2 Å². The Hall–Kier alpha value is -2.83.